The second kappa shape index (κ2) is 6.07. The second-order valence-corrected chi connectivity index (χ2v) is 3.13. The summed E-state index contributed by atoms with van der Waals surface area (Å²) in [6.45, 7) is 2.66. The first kappa shape index (κ1) is 15.2. The normalized spacial score (nSPS) is 13.4. The lowest BCUT2D eigenvalue weighted by atomic mass is 9.99. The molecule has 0 aromatic heterocycles. The number of carboxylic acid groups (broad SMARTS) is 1. The topological polar surface area (TPSA) is 80.7 Å². The van der Waals surface area contributed by atoms with Gasteiger partial charge in [0.1, 0.15) is 5.92 Å². The molecule has 0 aliphatic heterocycles. The van der Waals surface area contributed by atoms with Crippen LogP contribution >= 0.6 is 0 Å². The van der Waals surface area contributed by atoms with Crippen molar-refractivity contribution in [3.05, 3.63) is 12.2 Å². The number of carbonyl (C=O) groups is 3. The lowest BCUT2D eigenvalue weighted by Crippen LogP contribution is -2.42. The highest BCUT2D eigenvalue weighted by Crippen LogP contribution is 2.28. The summed E-state index contributed by atoms with van der Waals surface area (Å²) in [6.07, 6.45) is 1.66. The molecule has 0 rings (SSSR count). The van der Waals surface area contributed by atoms with Gasteiger partial charge in [-0.05, 0) is 13.3 Å². The minimum atomic E-state index is -4.26. The minimum absolute atomic E-state index is 0.457. The molecular formula is C10H12F2O5. The first-order valence-electron chi connectivity index (χ1n) is 4.76. The van der Waals surface area contributed by atoms with Crippen molar-refractivity contribution >= 4 is 17.9 Å². The predicted octanol–water partition coefficient (Wildman–Crippen LogP) is 1.38. The fourth-order valence-electron chi connectivity index (χ4n) is 1.06. The summed E-state index contributed by atoms with van der Waals surface area (Å²) in [5.74, 6) is -11.5. The van der Waals surface area contributed by atoms with E-state index in [9.17, 15) is 23.2 Å². The van der Waals surface area contributed by atoms with Gasteiger partial charge in [-0.15, -0.1) is 0 Å². The van der Waals surface area contributed by atoms with Crippen molar-refractivity contribution in [1.82, 2.24) is 0 Å². The molecule has 0 fully saturated rings. The van der Waals surface area contributed by atoms with Crippen LogP contribution in [-0.2, 0) is 19.1 Å². The monoisotopic (exact) mass is 250 g/mol. The Labute approximate surface area is 96.1 Å². The van der Waals surface area contributed by atoms with Gasteiger partial charge >= 0.3 is 23.8 Å². The molecule has 0 spiro atoms. The van der Waals surface area contributed by atoms with Crippen LogP contribution in [0.2, 0.25) is 0 Å². The average Bonchev–Trinajstić information content (AvgIpc) is 2.17. The summed E-state index contributed by atoms with van der Waals surface area (Å²) in [7, 11) is 0. The minimum Gasteiger partial charge on any atom is -0.477 e. The molecule has 1 atom stereocenters. The van der Waals surface area contributed by atoms with Crippen molar-refractivity contribution in [1.29, 1.82) is 0 Å². The highest BCUT2D eigenvalue weighted by Gasteiger charge is 2.51. The van der Waals surface area contributed by atoms with E-state index in [1.165, 1.54) is 19.9 Å². The maximum atomic E-state index is 13.1. The van der Waals surface area contributed by atoms with E-state index in [2.05, 4.69) is 4.74 Å². The molecule has 1 unspecified atom stereocenters. The van der Waals surface area contributed by atoms with E-state index in [1.807, 2.05) is 0 Å². The summed E-state index contributed by atoms with van der Waals surface area (Å²) < 4.78 is 30.2. The molecule has 0 aromatic rings. The van der Waals surface area contributed by atoms with Gasteiger partial charge in [0, 0.05) is 6.08 Å². The smallest absolute Gasteiger partial charge is 0.375 e. The van der Waals surface area contributed by atoms with E-state index >= 15 is 0 Å². The number of ether oxygens (including phenoxy) is 1. The molecule has 0 radical (unpaired) electrons. The molecule has 0 bridgehead atoms. The summed E-state index contributed by atoms with van der Waals surface area (Å²) in [5, 5.41) is 8.27. The van der Waals surface area contributed by atoms with E-state index in [1.54, 1.807) is 0 Å². The third-order valence-electron chi connectivity index (χ3n) is 1.92. The molecule has 17 heavy (non-hydrogen) atoms. The standard InChI is InChI=1S/C10H12F2O5/c1-3-5-7(13)17-8(14)6(4-2)10(11,12)9(15)16/h3,5-6H,4H2,1-2H3,(H,15,16). The number of allylic oxidation sites excluding steroid dienone is 1. The molecule has 0 aromatic carbocycles. The van der Waals surface area contributed by atoms with E-state index in [0.717, 1.165) is 6.08 Å². The summed E-state index contributed by atoms with van der Waals surface area (Å²) >= 11 is 0. The van der Waals surface area contributed by atoms with Crippen molar-refractivity contribution in [3.63, 3.8) is 0 Å². The van der Waals surface area contributed by atoms with Gasteiger partial charge in [0.15, 0.2) is 0 Å². The molecule has 96 valence electrons. The van der Waals surface area contributed by atoms with Gasteiger partial charge < -0.3 is 9.84 Å². The molecule has 0 saturated heterocycles. The third kappa shape index (κ3) is 3.93. The summed E-state index contributed by atoms with van der Waals surface area (Å²) in [4.78, 5) is 32.3. The number of esters is 2. The van der Waals surface area contributed by atoms with Gasteiger partial charge in [-0.2, -0.15) is 8.78 Å². The van der Waals surface area contributed by atoms with Crippen molar-refractivity contribution in [3.8, 4) is 0 Å². The maximum absolute atomic E-state index is 13.1. The van der Waals surface area contributed by atoms with Gasteiger partial charge in [-0.1, -0.05) is 13.0 Å². The predicted molar refractivity (Wildman–Crippen MR) is 52.3 cm³/mol. The molecule has 1 N–H and O–H groups in total. The molecule has 0 aliphatic carbocycles. The van der Waals surface area contributed by atoms with Crippen LogP contribution in [0, 0.1) is 5.92 Å². The zero-order valence-electron chi connectivity index (χ0n) is 9.28. The second-order valence-electron chi connectivity index (χ2n) is 3.13. The van der Waals surface area contributed by atoms with Crippen LogP contribution < -0.4 is 0 Å². The zero-order chi connectivity index (χ0) is 13.6. The Morgan fingerprint density at radius 3 is 2.29 bits per heavy atom. The number of hydrogen-bond donors (Lipinski definition) is 1. The summed E-state index contributed by atoms with van der Waals surface area (Å²) in [6, 6.07) is 0. The van der Waals surface area contributed by atoms with Crippen molar-refractivity contribution in [2.24, 2.45) is 5.92 Å². The Balaban J connectivity index is 4.85. The maximum Gasteiger partial charge on any atom is 0.375 e. The van der Waals surface area contributed by atoms with Crippen LogP contribution in [-0.4, -0.2) is 28.9 Å². The highest BCUT2D eigenvalue weighted by atomic mass is 19.3. The average molecular weight is 250 g/mol. The Hall–Kier alpha value is -1.79. The molecule has 0 saturated carbocycles. The largest absolute Gasteiger partial charge is 0.477 e. The van der Waals surface area contributed by atoms with E-state index in [-0.39, 0.29) is 0 Å². The molecule has 0 amide bonds. The first-order valence-corrected chi connectivity index (χ1v) is 4.76. The van der Waals surface area contributed by atoms with Gasteiger partial charge in [0.2, 0.25) is 0 Å². The SMILES string of the molecule is CC=CC(=O)OC(=O)C(CC)C(F)(F)C(=O)O. The van der Waals surface area contributed by atoms with E-state index < -0.39 is 36.2 Å². The lowest BCUT2D eigenvalue weighted by molar-refractivity contribution is -0.186. The van der Waals surface area contributed by atoms with Crippen molar-refractivity contribution < 1.29 is 33.0 Å². The highest BCUT2D eigenvalue weighted by molar-refractivity contribution is 5.95. The number of hydrogen-bond acceptors (Lipinski definition) is 4. The Morgan fingerprint density at radius 2 is 1.94 bits per heavy atom. The molecule has 7 heteroatoms. The zero-order valence-corrected chi connectivity index (χ0v) is 9.28. The van der Waals surface area contributed by atoms with Crippen LogP contribution in [0.1, 0.15) is 20.3 Å². The van der Waals surface area contributed by atoms with E-state index in [4.69, 9.17) is 5.11 Å². The van der Waals surface area contributed by atoms with Gasteiger partial charge in [-0.25, -0.2) is 9.59 Å². The molecular weight excluding hydrogens is 238 g/mol. The fraction of sp³-hybridized carbons (Fsp3) is 0.500. The number of halogens is 2. The van der Waals surface area contributed by atoms with E-state index in [0.29, 0.717) is 0 Å². The van der Waals surface area contributed by atoms with Crippen molar-refractivity contribution in [2.45, 2.75) is 26.2 Å². The quantitative estimate of drug-likeness (QED) is 0.453. The number of carboxylic acids is 1. The van der Waals surface area contributed by atoms with Crippen molar-refractivity contribution in [2.75, 3.05) is 0 Å². The van der Waals surface area contributed by atoms with Crippen LogP contribution in [0.3, 0.4) is 0 Å². The summed E-state index contributed by atoms with van der Waals surface area (Å²) in [5.41, 5.74) is 0. The van der Waals surface area contributed by atoms with Crippen LogP contribution in [0.15, 0.2) is 12.2 Å². The Morgan fingerprint density at radius 1 is 1.41 bits per heavy atom. The first-order chi connectivity index (χ1) is 7.77. The number of rotatable bonds is 5. The molecule has 5 nitrogen and oxygen atoms in total. The fourth-order valence-corrected chi connectivity index (χ4v) is 1.06. The Kier molecular flexibility index (Phi) is 5.43. The van der Waals surface area contributed by atoms with Gasteiger partial charge in [0.25, 0.3) is 0 Å². The number of carbonyl (C=O) groups excluding carboxylic acids is 2. The Bertz CT molecular complexity index is 349. The van der Waals surface area contributed by atoms with Crippen LogP contribution in [0.5, 0.6) is 0 Å². The number of aliphatic carboxylic acids is 1. The number of alkyl halides is 2. The van der Waals surface area contributed by atoms with Gasteiger partial charge in [0.05, 0.1) is 0 Å². The van der Waals surface area contributed by atoms with Gasteiger partial charge in [-0.3, -0.25) is 4.79 Å². The third-order valence-corrected chi connectivity index (χ3v) is 1.92. The molecule has 0 heterocycles. The lowest BCUT2D eigenvalue weighted by Gasteiger charge is -2.19. The van der Waals surface area contributed by atoms with Crippen LogP contribution in [0.25, 0.3) is 0 Å². The molecule has 0 aliphatic rings. The van der Waals surface area contributed by atoms with Crippen LogP contribution in [0.4, 0.5) is 8.78 Å².